The van der Waals surface area contributed by atoms with Crippen molar-refractivity contribution in [2.45, 2.75) is 26.1 Å². The fraction of sp³-hybridized carbons (Fsp3) is 0.154. The Bertz CT molecular complexity index is 1540. The normalized spacial score (nSPS) is 15.8. The lowest BCUT2D eigenvalue weighted by atomic mass is 9.97. The molecule has 0 radical (unpaired) electrons. The highest BCUT2D eigenvalue weighted by atomic mass is 35.5. The highest BCUT2D eigenvalue weighted by Crippen LogP contribution is 2.43. The fourth-order valence-electron chi connectivity index (χ4n) is 4.32. The van der Waals surface area contributed by atoms with Crippen LogP contribution in [0.2, 0.25) is 5.02 Å². The van der Waals surface area contributed by atoms with Crippen molar-refractivity contribution in [2.24, 2.45) is 0 Å². The molecule has 1 atom stereocenters. The van der Waals surface area contributed by atoms with Crippen LogP contribution in [0.3, 0.4) is 0 Å². The summed E-state index contributed by atoms with van der Waals surface area (Å²) in [6.45, 7) is 3.71. The number of carbonyl (C=O) groups is 1. The zero-order valence-electron chi connectivity index (χ0n) is 18.0. The SMILES string of the molecule is Cc1cc2oc3c(c(=O)c2cc1C)C(c1cccc(Cl)c1)N(c1cccc(C(F)(F)F)c1)C3=O. The zero-order valence-corrected chi connectivity index (χ0v) is 18.8. The Kier molecular flexibility index (Phi) is 5.06. The van der Waals surface area contributed by atoms with E-state index in [0.717, 1.165) is 28.2 Å². The number of carbonyl (C=O) groups excluding carboxylic acids is 1. The Morgan fingerprint density at radius 2 is 1.65 bits per heavy atom. The summed E-state index contributed by atoms with van der Waals surface area (Å²) < 4.78 is 46.2. The summed E-state index contributed by atoms with van der Waals surface area (Å²) in [5.74, 6) is -0.889. The van der Waals surface area contributed by atoms with Crippen molar-refractivity contribution < 1.29 is 22.4 Å². The minimum Gasteiger partial charge on any atom is -0.450 e. The Hall–Kier alpha value is -3.58. The predicted octanol–water partition coefficient (Wildman–Crippen LogP) is 6.83. The number of aryl methyl sites for hydroxylation is 2. The van der Waals surface area contributed by atoms with Gasteiger partial charge >= 0.3 is 6.18 Å². The van der Waals surface area contributed by atoms with Gasteiger partial charge in [0.25, 0.3) is 5.91 Å². The van der Waals surface area contributed by atoms with Gasteiger partial charge in [-0.3, -0.25) is 14.5 Å². The highest BCUT2D eigenvalue weighted by Gasteiger charge is 2.44. The van der Waals surface area contributed by atoms with Crippen molar-refractivity contribution in [1.82, 2.24) is 0 Å². The number of anilines is 1. The summed E-state index contributed by atoms with van der Waals surface area (Å²) in [6, 6.07) is 13.3. The minimum atomic E-state index is -4.60. The van der Waals surface area contributed by atoms with E-state index in [9.17, 15) is 22.8 Å². The van der Waals surface area contributed by atoms with Crippen LogP contribution in [0.25, 0.3) is 11.0 Å². The van der Waals surface area contributed by atoms with E-state index in [1.807, 2.05) is 13.8 Å². The van der Waals surface area contributed by atoms with Crippen molar-refractivity contribution in [1.29, 1.82) is 0 Å². The number of fused-ring (bicyclic) bond motifs is 2. The van der Waals surface area contributed by atoms with Gasteiger partial charge in [-0.25, -0.2) is 0 Å². The molecule has 0 saturated carbocycles. The molecule has 5 rings (SSSR count). The third-order valence-electron chi connectivity index (χ3n) is 6.10. The lowest BCUT2D eigenvalue weighted by Gasteiger charge is -2.26. The number of benzene rings is 3. The third-order valence-corrected chi connectivity index (χ3v) is 6.34. The van der Waals surface area contributed by atoms with Crippen molar-refractivity contribution in [2.75, 3.05) is 4.90 Å². The first-order chi connectivity index (χ1) is 16.1. The third kappa shape index (κ3) is 3.47. The van der Waals surface area contributed by atoms with Crippen molar-refractivity contribution >= 4 is 34.2 Å². The van der Waals surface area contributed by atoms with Crippen LogP contribution in [0.15, 0.2) is 69.9 Å². The lowest BCUT2D eigenvalue weighted by molar-refractivity contribution is -0.137. The van der Waals surface area contributed by atoms with Crippen LogP contribution in [0.1, 0.15) is 44.4 Å². The molecule has 1 aliphatic heterocycles. The second-order valence-corrected chi connectivity index (χ2v) is 8.72. The summed E-state index contributed by atoms with van der Waals surface area (Å²) in [6.07, 6.45) is -4.60. The summed E-state index contributed by atoms with van der Waals surface area (Å²) in [7, 11) is 0. The van der Waals surface area contributed by atoms with Crippen LogP contribution in [0.5, 0.6) is 0 Å². The molecule has 34 heavy (non-hydrogen) atoms. The van der Waals surface area contributed by atoms with E-state index in [4.69, 9.17) is 16.0 Å². The second kappa shape index (κ2) is 7.74. The Balaban J connectivity index is 1.81. The van der Waals surface area contributed by atoms with Gasteiger partial charge in [-0.15, -0.1) is 0 Å². The maximum Gasteiger partial charge on any atom is 0.416 e. The molecule has 1 unspecified atom stereocenters. The number of amides is 1. The van der Waals surface area contributed by atoms with Gasteiger partial charge < -0.3 is 4.42 Å². The van der Waals surface area contributed by atoms with Crippen LogP contribution < -0.4 is 10.3 Å². The molecule has 3 aromatic carbocycles. The van der Waals surface area contributed by atoms with Gasteiger partial charge in [0.05, 0.1) is 22.6 Å². The summed E-state index contributed by atoms with van der Waals surface area (Å²) >= 11 is 6.18. The first-order valence-electron chi connectivity index (χ1n) is 10.4. The standard InChI is InChI=1S/C26H17ClF3NO3/c1-13-9-19-20(10-14(13)2)34-24-21(23(19)32)22(15-5-3-7-17(27)11-15)31(25(24)33)18-8-4-6-16(12-18)26(28,29)30/h3-12,22H,1-2H3. The molecular formula is C26H17ClF3NO3. The summed E-state index contributed by atoms with van der Waals surface area (Å²) in [5.41, 5.74) is 1.22. The van der Waals surface area contributed by atoms with E-state index in [1.54, 1.807) is 36.4 Å². The van der Waals surface area contributed by atoms with Gasteiger partial charge in [-0.05, 0) is 73.0 Å². The van der Waals surface area contributed by atoms with Crippen molar-refractivity contribution in [3.05, 3.63) is 109 Å². The molecule has 0 fully saturated rings. The van der Waals surface area contributed by atoms with Crippen LogP contribution in [0.4, 0.5) is 18.9 Å². The molecule has 0 bridgehead atoms. The number of rotatable bonds is 2. The fourth-order valence-corrected chi connectivity index (χ4v) is 4.52. The van der Waals surface area contributed by atoms with E-state index < -0.39 is 29.1 Å². The van der Waals surface area contributed by atoms with Gasteiger partial charge in [0.2, 0.25) is 5.76 Å². The second-order valence-electron chi connectivity index (χ2n) is 8.29. The van der Waals surface area contributed by atoms with Gasteiger partial charge in [-0.1, -0.05) is 29.8 Å². The number of hydrogen-bond acceptors (Lipinski definition) is 3. The smallest absolute Gasteiger partial charge is 0.416 e. The van der Waals surface area contributed by atoms with Crippen LogP contribution >= 0.6 is 11.6 Å². The monoisotopic (exact) mass is 483 g/mol. The Morgan fingerprint density at radius 1 is 0.941 bits per heavy atom. The van der Waals surface area contributed by atoms with Crippen LogP contribution in [-0.4, -0.2) is 5.91 Å². The summed E-state index contributed by atoms with van der Waals surface area (Å²) in [4.78, 5) is 28.4. The average molecular weight is 484 g/mol. The molecule has 0 aliphatic carbocycles. The van der Waals surface area contributed by atoms with E-state index in [2.05, 4.69) is 0 Å². The van der Waals surface area contributed by atoms with E-state index in [0.29, 0.717) is 16.0 Å². The zero-order chi connectivity index (χ0) is 24.4. The minimum absolute atomic E-state index is 0.00739. The van der Waals surface area contributed by atoms with E-state index in [1.165, 1.54) is 12.1 Å². The maximum absolute atomic E-state index is 13.6. The molecule has 4 aromatic rings. The molecule has 0 spiro atoms. The van der Waals surface area contributed by atoms with Crippen LogP contribution in [0, 0.1) is 13.8 Å². The highest BCUT2D eigenvalue weighted by molar-refractivity contribution is 6.30. The molecule has 0 saturated heterocycles. The van der Waals surface area contributed by atoms with Crippen molar-refractivity contribution in [3.8, 4) is 0 Å². The largest absolute Gasteiger partial charge is 0.450 e. The molecule has 8 heteroatoms. The Morgan fingerprint density at radius 3 is 2.35 bits per heavy atom. The molecule has 172 valence electrons. The molecule has 1 aliphatic rings. The van der Waals surface area contributed by atoms with Crippen molar-refractivity contribution in [3.63, 3.8) is 0 Å². The lowest BCUT2D eigenvalue weighted by Crippen LogP contribution is -2.29. The van der Waals surface area contributed by atoms with Gasteiger partial charge in [0, 0.05) is 10.7 Å². The molecule has 2 heterocycles. The Labute approximate surface area is 197 Å². The summed E-state index contributed by atoms with van der Waals surface area (Å²) in [5, 5.41) is 0.659. The average Bonchev–Trinajstić information content (AvgIpc) is 3.07. The first-order valence-corrected chi connectivity index (χ1v) is 10.8. The van der Waals surface area contributed by atoms with E-state index >= 15 is 0 Å². The predicted molar refractivity (Wildman–Crippen MR) is 124 cm³/mol. The number of nitrogens with zero attached hydrogens (tertiary/aromatic N) is 1. The molecule has 0 N–H and O–H groups in total. The number of halogens is 4. The number of alkyl halides is 3. The molecule has 4 nitrogen and oxygen atoms in total. The number of hydrogen-bond donors (Lipinski definition) is 0. The van der Waals surface area contributed by atoms with Crippen LogP contribution in [-0.2, 0) is 6.18 Å². The maximum atomic E-state index is 13.6. The van der Waals surface area contributed by atoms with Gasteiger partial charge in [0.15, 0.2) is 5.43 Å². The first kappa shape index (κ1) is 22.2. The topological polar surface area (TPSA) is 50.5 Å². The molecule has 1 amide bonds. The quantitative estimate of drug-likeness (QED) is 0.314. The van der Waals surface area contributed by atoms with E-state index in [-0.39, 0.29) is 22.6 Å². The van der Waals surface area contributed by atoms with Gasteiger partial charge in [0.1, 0.15) is 5.58 Å². The van der Waals surface area contributed by atoms with Gasteiger partial charge in [-0.2, -0.15) is 13.2 Å². The molecular weight excluding hydrogens is 467 g/mol. The molecule has 1 aromatic heterocycles.